The molecule has 0 aliphatic carbocycles. The average molecular weight is 286 g/mol. The van der Waals surface area contributed by atoms with Crippen LogP contribution in [0.1, 0.15) is 5.56 Å². The first kappa shape index (κ1) is 14.8. The Bertz CT molecular complexity index is 487. The number of hydrogen-bond acceptors (Lipinski definition) is 5. The number of oxime groups is 1. The molecule has 0 radical (unpaired) electrons. The zero-order valence-electron chi connectivity index (χ0n) is 9.84. The lowest BCUT2D eigenvalue weighted by Gasteiger charge is -2.04. The van der Waals surface area contributed by atoms with E-state index >= 15 is 0 Å². The smallest absolute Gasteiger partial charge is 0.349 e. The largest absolute Gasteiger partial charge is 0.484 e. The average Bonchev–Trinajstić information content (AvgIpc) is 2.42. The minimum Gasteiger partial charge on any atom is -0.484 e. The van der Waals surface area contributed by atoms with Gasteiger partial charge in [0, 0.05) is 5.56 Å². The number of benzene rings is 1. The highest BCUT2D eigenvalue weighted by Gasteiger charge is 2.03. The van der Waals surface area contributed by atoms with Crippen LogP contribution >= 0.6 is 11.6 Å². The van der Waals surface area contributed by atoms with E-state index in [1.54, 1.807) is 24.3 Å². The number of hydrogen-bond donors (Lipinski definition) is 2. The molecule has 0 fully saturated rings. The number of nitrogens with two attached hydrogens (primary N) is 2. The predicted octanol–water partition coefficient (Wildman–Crippen LogP) is -0.0470. The first-order valence-corrected chi connectivity index (χ1v) is 5.67. The summed E-state index contributed by atoms with van der Waals surface area (Å²) in [5, 5.41) is 3.41. The second kappa shape index (κ2) is 7.22. The summed E-state index contributed by atoms with van der Waals surface area (Å²) in [5.41, 5.74) is 11.0. The quantitative estimate of drug-likeness (QED) is 0.250. The minimum atomic E-state index is -0.703. The van der Waals surface area contributed by atoms with E-state index in [0.29, 0.717) is 11.3 Å². The van der Waals surface area contributed by atoms with Crippen LogP contribution in [0.3, 0.4) is 0 Å². The molecule has 1 aromatic rings. The molecule has 0 saturated heterocycles. The molecule has 0 aliphatic rings. The van der Waals surface area contributed by atoms with Gasteiger partial charge in [0.05, 0.1) is 0 Å². The number of ether oxygens (including phenoxy) is 1. The summed E-state index contributed by atoms with van der Waals surface area (Å²) >= 11 is 5.22. The second-order valence-electron chi connectivity index (χ2n) is 3.35. The Hall–Kier alpha value is -2.28. The van der Waals surface area contributed by atoms with E-state index in [0.717, 1.165) is 0 Å². The van der Waals surface area contributed by atoms with Crippen LogP contribution in [0.25, 0.3) is 0 Å². The molecule has 4 N–H and O–H groups in total. The van der Waals surface area contributed by atoms with Crippen molar-refractivity contribution in [1.29, 1.82) is 0 Å². The molecule has 0 spiro atoms. The van der Waals surface area contributed by atoms with E-state index < -0.39 is 11.9 Å². The third-order valence-electron chi connectivity index (χ3n) is 1.89. The van der Waals surface area contributed by atoms with Crippen molar-refractivity contribution < 1.29 is 19.2 Å². The molecule has 0 saturated carbocycles. The lowest BCUT2D eigenvalue weighted by molar-refractivity contribution is -0.140. The fourth-order valence-corrected chi connectivity index (χ4v) is 1.10. The summed E-state index contributed by atoms with van der Waals surface area (Å²) in [5.74, 6) is -1.12. The summed E-state index contributed by atoms with van der Waals surface area (Å²) in [6, 6.07) is 6.32. The van der Waals surface area contributed by atoms with Crippen molar-refractivity contribution in [3.63, 3.8) is 0 Å². The van der Waals surface area contributed by atoms with Crippen molar-refractivity contribution in [2.24, 2.45) is 16.6 Å². The zero-order chi connectivity index (χ0) is 14.3. The van der Waals surface area contributed by atoms with Crippen LogP contribution in [0.15, 0.2) is 29.4 Å². The fraction of sp³-hybridized carbons (Fsp3) is 0.182. The van der Waals surface area contributed by atoms with Gasteiger partial charge in [0.2, 0.25) is 0 Å². The molecule has 102 valence electrons. The van der Waals surface area contributed by atoms with Crippen LogP contribution in [0.2, 0.25) is 0 Å². The van der Waals surface area contributed by atoms with Crippen molar-refractivity contribution in [1.82, 2.24) is 0 Å². The Labute approximate surface area is 114 Å². The van der Waals surface area contributed by atoms with Crippen LogP contribution < -0.4 is 16.2 Å². The summed E-state index contributed by atoms with van der Waals surface area (Å²) in [7, 11) is 0. The van der Waals surface area contributed by atoms with E-state index in [2.05, 4.69) is 9.99 Å². The normalized spacial score (nSPS) is 10.9. The Kier molecular flexibility index (Phi) is 5.62. The molecule has 1 aromatic carbocycles. The van der Waals surface area contributed by atoms with Crippen molar-refractivity contribution in [3.05, 3.63) is 29.8 Å². The molecule has 19 heavy (non-hydrogen) atoms. The standard InChI is InChI=1S/C11H12ClN3O4/c12-5-10(17)19-15-11(14)7-1-3-8(4-2-7)18-6-9(13)16/h1-4H,5-6H2,(H2,13,16)(H2,14,15). The Morgan fingerprint density at radius 2 is 1.84 bits per heavy atom. The van der Waals surface area contributed by atoms with E-state index in [1.807, 2.05) is 0 Å². The van der Waals surface area contributed by atoms with Crippen LogP contribution in [0.5, 0.6) is 5.75 Å². The van der Waals surface area contributed by atoms with Gasteiger partial charge in [-0.25, -0.2) is 4.79 Å². The van der Waals surface area contributed by atoms with Crippen LogP contribution in [0, 0.1) is 0 Å². The highest BCUT2D eigenvalue weighted by atomic mass is 35.5. The van der Waals surface area contributed by atoms with E-state index in [4.69, 9.17) is 27.8 Å². The van der Waals surface area contributed by atoms with Crippen molar-refractivity contribution in [3.8, 4) is 5.75 Å². The van der Waals surface area contributed by atoms with Gasteiger partial charge < -0.3 is 21.0 Å². The predicted molar refractivity (Wildman–Crippen MR) is 68.7 cm³/mol. The summed E-state index contributed by atoms with van der Waals surface area (Å²) in [6.45, 7) is -0.212. The Morgan fingerprint density at radius 3 is 2.37 bits per heavy atom. The molecule has 0 aliphatic heterocycles. The molecule has 8 heteroatoms. The third kappa shape index (κ3) is 5.26. The molecular formula is C11H12ClN3O4. The number of carbonyl (C=O) groups is 2. The first-order valence-electron chi connectivity index (χ1n) is 5.13. The van der Waals surface area contributed by atoms with Gasteiger partial charge in [-0.1, -0.05) is 5.16 Å². The first-order chi connectivity index (χ1) is 9.02. The highest BCUT2D eigenvalue weighted by molar-refractivity contribution is 6.26. The number of amides is 1. The van der Waals surface area contributed by atoms with Crippen LogP contribution in [-0.2, 0) is 14.4 Å². The molecule has 0 atom stereocenters. The molecule has 1 amide bonds. The van der Waals surface area contributed by atoms with Gasteiger partial charge in [0.1, 0.15) is 11.6 Å². The maximum absolute atomic E-state index is 10.8. The second-order valence-corrected chi connectivity index (χ2v) is 3.62. The lowest BCUT2D eigenvalue weighted by atomic mass is 10.2. The minimum absolute atomic E-state index is 0.0138. The number of nitrogens with zero attached hydrogens (tertiary/aromatic N) is 1. The van der Waals surface area contributed by atoms with Crippen molar-refractivity contribution in [2.45, 2.75) is 0 Å². The molecular weight excluding hydrogens is 274 g/mol. The summed E-state index contributed by atoms with van der Waals surface area (Å²) in [4.78, 5) is 25.7. The number of rotatable bonds is 6. The molecule has 0 heterocycles. The van der Waals surface area contributed by atoms with Gasteiger partial charge in [0.25, 0.3) is 5.91 Å². The monoisotopic (exact) mass is 285 g/mol. The third-order valence-corrected chi connectivity index (χ3v) is 2.10. The number of alkyl halides is 1. The molecule has 7 nitrogen and oxygen atoms in total. The molecule has 0 unspecified atom stereocenters. The Morgan fingerprint density at radius 1 is 1.21 bits per heavy atom. The van der Waals surface area contributed by atoms with Crippen LogP contribution in [0.4, 0.5) is 0 Å². The van der Waals surface area contributed by atoms with Crippen molar-refractivity contribution >= 4 is 29.3 Å². The number of carbonyl (C=O) groups excluding carboxylic acids is 2. The zero-order valence-corrected chi connectivity index (χ0v) is 10.6. The summed E-state index contributed by atoms with van der Waals surface area (Å²) < 4.78 is 5.06. The highest BCUT2D eigenvalue weighted by Crippen LogP contribution is 2.11. The van der Waals surface area contributed by atoms with Gasteiger partial charge in [-0.2, -0.15) is 0 Å². The van der Waals surface area contributed by atoms with Crippen molar-refractivity contribution in [2.75, 3.05) is 12.5 Å². The maximum atomic E-state index is 10.8. The maximum Gasteiger partial charge on any atom is 0.349 e. The van der Waals surface area contributed by atoms with E-state index in [-0.39, 0.29) is 18.3 Å². The SMILES string of the molecule is NC(=O)COc1ccc(/C(N)=N/OC(=O)CCl)cc1. The van der Waals surface area contributed by atoms with Gasteiger partial charge >= 0.3 is 5.97 Å². The van der Waals surface area contributed by atoms with E-state index in [1.165, 1.54) is 0 Å². The lowest BCUT2D eigenvalue weighted by Crippen LogP contribution is -2.20. The molecule has 1 rings (SSSR count). The van der Waals surface area contributed by atoms with E-state index in [9.17, 15) is 9.59 Å². The Balaban J connectivity index is 2.64. The number of primary amides is 1. The van der Waals surface area contributed by atoms with Crippen LogP contribution in [-0.4, -0.2) is 30.2 Å². The summed E-state index contributed by atoms with van der Waals surface area (Å²) in [6.07, 6.45) is 0. The molecule has 0 bridgehead atoms. The fourth-order valence-electron chi connectivity index (χ4n) is 1.05. The molecule has 0 aromatic heterocycles. The topological polar surface area (TPSA) is 117 Å². The van der Waals surface area contributed by atoms with Gasteiger partial charge in [0.15, 0.2) is 12.4 Å². The van der Waals surface area contributed by atoms with Gasteiger partial charge in [-0.05, 0) is 24.3 Å². The van der Waals surface area contributed by atoms with Gasteiger partial charge in [-0.3, -0.25) is 4.79 Å². The number of halogens is 1. The van der Waals surface area contributed by atoms with Gasteiger partial charge in [-0.15, -0.1) is 11.6 Å². The number of amidine groups is 1.